The minimum Gasteiger partial charge on any atom is -0.481 e. The van der Waals surface area contributed by atoms with Crippen molar-refractivity contribution in [1.29, 1.82) is 0 Å². The van der Waals surface area contributed by atoms with Gasteiger partial charge >= 0.3 is 47.8 Å². The highest BCUT2D eigenvalue weighted by molar-refractivity contribution is 7.80. The smallest absolute Gasteiger partial charge is 0.326 e. The van der Waals surface area contributed by atoms with Gasteiger partial charge in [0.05, 0.1) is 51.6 Å². The number of aliphatic carboxylic acids is 8. The second-order valence-corrected chi connectivity index (χ2v) is 28.1. The topological polar surface area (TPSA) is 674 Å². The summed E-state index contributed by atoms with van der Waals surface area (Å²) in [7, 11) is 0. The van der Waals surface area contributed by atoms with Crippen molar-refractivity contribution in [2.45, 2.75) is 248 Å². The van der Waals surface area contributed by atoms with Crippen LogP contribution in [0.1, 0.15) is 205 Å². The van der Waals surface area contributed by atoms with E-state index in [1.165, 1.54) is 0 Å². The Balaban J connectivity index is 4.69. The largest absolute Gasteiger partial charge is 0.481 e. The van der Waals surface area contributed by atoms with Gasteiger partial charge in [0, 0.05) is 101 Å². The van der Waals surface area contributed by atoms with Crippen LogP contribution < -0.4 is 53.6 Å². The number of amides is 10. The third-order valence-corrected chi connectivity index (χ3v) is 18.6. The van der Waals surface area contributed by atoms with Crippen molar-refractivity contribution in [2.75, 3.05) is 77.5 Å². The van der Waals surface area contributed by atoms with Gasteiger partial charge in [-0.1, -0.05) is 77.0 Å². The maximum atomic E-state index is 13.1. The maximum Gasteiger partial charge on any atom is 0.326 e. The van der Waals surface area contributed by atoms with E-state index in [4.69, 9.17) is 29.8 Å². The molecule has 664 valence electrons. The molecule has 0 aromatic heterocycles. The normalized spacial score (nSPS) is 13.3. The van der Waals surface area contributed by atoms with Gasteiger partial charge in [0.2, 0.25) is 59.1 Å². The van der Waals surface area contributed by atoms with E-state index < -0.39 is 256 Å². The number of primary amides is 1. The molecule has 117 heavy (non-hydrogen) atoms. The Morgan fingerprint density at radius 1 is 0.265 bits per heavy atom. The molecule has 0 heterocycles. The van der Waals surface area contributed by atoms with Gasteiger partial charge in [0.15, 0.2) is 5.78 Å². The lowest BCUT2D eigenvalue weighted by Crippen LogP contribution is -2.46. The first-order valence-electron chi connectivity index (χ1n) is 38.8. The van der Waals surface area contributed by atoms with Gasteiger partial charge in [-0.15, -0.1) is 0 Å². The van der Waals surface area contributed by atoms with Gasteiger partial charge in [-0.05, 0) is 57.8 Å². The van der Waals surface area contributed by atoms with E-state index in [0.29, 0.717) is 12.8 Å². The molecule has 0 spiro atoms. The summed E-state index contributed by atoms with van der Waals surface area (Å²) in [6.45, 7) is -0.885. The molecule has 0 bridgehead atoms. The molecule has 19 N–H and O–H groups in total. The molecule has 0 aromatic rings. The first-order chi connectivity index (χ1) is 55.5. The fraction of sp³-hybridized carbons (Fsp3) is 0.726. The molecule has 0 unspecified atom stereocenters. The number of unbranched alkanes of at least 4 members (excludes halogenated alkanes) is 13. The number of ketones is 2. The SMILES string of the molecule is NC(=O)CC[C@H](NC(=O)COCCOCCNC(=O)COCCOCCNC(=O)CC[C@H](NC(=O)CC[C@H](NC(=O)CC[C@H](NC(=O)CC[C@H](NC(=O)CC[C@H](NC(=O)CC[C@H](NC(=O)CCCCCCCCCCCCCCCCC(=O)O)C(=O)O)C(=O)O)C(=O)O)C(=O)O)C(=O)O)C(=O)O)C(=O)C[C@@H](CS)C(=O)C[C@@H](CS)C(=O)O. The quantitative estimate of drug-likeness (QED) is 0.0271. The standard InChI is InChI=1S/C73H118N10O32S2/c74-56(86)24-17-47(55(85)39-45(43-116)54(84)40-46(44-117)67(98)99)77-65(95)42-115-38-36-113-34-32-76-64(94)41-114-37-35-112-33-31-75-57(87)25-18-48(68(100)101)79-59(89)27-20-50(70(104)105)81-61(91)29-22-52(72(108)109)83-63(93)30-23-53(73(110)111)82-62(92)28-21-51(71(106)107)80-60(90)26-19-49(69(102)103)78-58(88)15-13-11-9-7-5-3-1-2-4-6-8-10-12-14-16-66(96)97/h45-53,116-117H,1-44H2,(H2,74,86)(H,75,87)(H,76,94)(H,77,95)(H,78,88)(H,79,89)(H,80,90)(H,81,91)(H,82,92)(H,83,93)(H,96,97)(H,98,99)(H,100,101)(H,102,103)(H,104,105)(H,106,107)(H,108,109)(H,110,111)/t45-,46-,47-,48-,49-,50-,51-,52-,53-/m0/s1. The number of carbonyl (C=O) groups excluding carboxylic acids is 12. The van der Waals surface area contributed by atoms with Crippen molar-refractivity contribution in [1.82, 2.24) is 47.9 Å². The molecular formula is C73H118N10O32S2. The molecule has 42 nitrogen and oxygen atoms in total. The van der Waals surface area contributed by atoms with Crippen molar-refractivity contribution in [3.05, 3.63) is 0 Å². The lowest BCUT2D eigenvalue weighted by Gasteiger charge is -2.21. The van der Waals surface area contributed by atoms with Crippen molar-refractivity contribution in [2.24, 2.45) is 17.6 Å². The Morgan fingerprint density at radius 3 is 0.838 bits per heavy atom. The number of carbonyl (C=O) groups is 20. The second-order valence-electron chi connectivity index (χ2n) is 27.4. The molecule has 0 fully saturated rings. The van der Waals surface area contributed by atoms with Crippen LogP contribution in [0.2, 0.25) is 0 Å². The van der Waals surface area contributed by atoms with Crippen molar-refractivity contribution in [3.8, 4) is 0 Å². The number of Topliss-reactive ketones (excluding diaryl/α,β-unsaturated/α-hetero) is 2. The molecule has 0 radical (unpaired) electrons. The highest BCUT2D eigenvalue weighted by Crippen LogP contribution is 2.19. The van der Waals surface area contributed by atoms with Gasteiger partial charge < -0.3 is 113 Å². The zero-order valence-electron chi connectivity index (χ0n) is 65.7. The Bertz CT molecular complexity index is 3210. The average Bonchev–Trinajstić information content (AvgIpc) is 0.895. The molecule has 0 aliphatic heterocycles. The van der Waals surface area contributed by atoms with Crippen LogP contribution in [0.15, 0.2) is 0 Å². The molecular weight excluding hydrogens is 1590 g/mol. The number of nitrogens with two attached hydrogens (primary N) is 1. The summed E-state index contributed by atoms with van der Waals surface area (Å²) in [6.07, 6.45) is 5.65. The van der Waals surface area contributed by atoms with E-state index in [-0.39, 0.29) is 109 Å². The Kier molecular flexibility index (Phi) is 60.0. The Labute approximate surface area is 687 Å². The number of rotatable bonds is 76. The minimum atomic E-state index is -1.80. The minimum absolute atomic E-state index is 0.00220. The molecule has 0 saturated heterocycles. The number of hydrogen-bond donors (Lipinski definition) is 20. The number of carboxylic acids is 8. The van der Waals surface area contributed by atoms with Crippen LogP contribution in [0, 0.1) is 11.8 Å². The fourth-order valence-corrected chi connectivity index (χ4v) is 11.7. The average molecular weight is 1710 g/mol. The van der Waals surface area contributed by atoms with Crippen LogP contribution in [0.5, 0.6) is 0 Å². The van der Waals surface area contributed by atoms with Crippen LogP contribution in [0.3, 0.4) is 0 Å². The van der Waals surface area contributed by atoms with Crippen molar-refractivity contribution in [3.63, 3.8) is 0 Å². The summed E-state index contributed by atoms with van der Waals surface area (Å²) in [5.74, 6) is -23.1. The third-order valence-electron chi connectivity index (χ3n) is 17.7. The molecule has 10 amide bonds. The van der Waals surface area contributed by atoms with E-state index in [2.05, 4.69) is 73.1 Å². The zero-order valence-corrected chi connectivity index (χ0v) is 67.4. The maximum absolute atomic E-state index is 13.1. The predicted octanol–water partition coefficient (Wildman–Crippen LogP) is -0.446. The molecule has 9 atom stereocenters. The highest BCUT2D eigenvalue weighted by atomic mass is 32.1. The van der Waals surface area contributed by atoms with E-state index >= 15 is 0 Å². The van der Waals surface area contributed by atoms with E-state index in [9.17, 15) is 132 Å². The Hall–Kier alpha value is -9.66. The van der Waals surface area contributed by atoms with Crippen LogP contribution in [0.25, 0.3) is 0 Å². The van der Waals surface area contributed by atoms with Gasteiger partial charge in [-0.3, -0.25) is 67.1 Å². The highest BCUT2D eigenvalue weighted by Gasteiger charge is 2.33. The first kappa shape index (κ1) is 107. The fourth-order valence-electron chi connectivity index (χ4n) is 11.1. The number of hydrogen-bond acceptors (Lipinski definition) is 26. The molecule has 0 aliphatic carbocycles. The molecule has 0 aromatic carbocycles. The summed E-state index contributed by atoms with van der Waals surface area (Å²) in [5, 5.41) is 96.7. The molecule has 0 aliphatic rings. The van der Waals surface area contributed by atoms with Crippen molar-refractivity contribution < 1.29 is 156 Å². The third kappa shape index (κ3) is 57.1. The Morgan fingerprint density at radius 2 is 0.530 bits per heavy atom. The van der Waals surface area contributed by atoms with Gasteiger partial charge in [-0.25, -0.2) is 28.8 Å². The summed E-state index contributed by atoms with van der Waals surface area (Å²) in [6, 6.07) is -11.4. The number of thiol groups is 2. The summed E-state index contributed by atoms with van der Waals surface area (Å²) >= 11 is 8.07. The van der Waals surface area contributed by atoms with E-state index in [1.54, 1.807) is 0 Å². The van der Waals surface area contributed by atoms with E-state index in [0.717, 1.165) is 77.0 Å². The van der Waals surface area contributed by atoms with Crippen LogP contribution >= 0.6 is 25.3 Å². The van der Waals surface area contributed by atoms with Gasteiger partial charge in [0.25, 0.3) is 0 Å². The lowest BCUT2D eigenvalue weighted by atomic mass is 9.90. The van der Waals surface area contributed by atoms with E-state index in [1.807, 2.05) is 0 Å². The predicted molar refractivity (Wildman–Crippen MR) is 416 cm³/mol. The summed E-state index contributed by atoms with van der Waals surface area (Å²) < 4.78 is 21.2. The van der Waals surface area contributed by atoms with Gasteiger partial charge in [0.1, 0.15) is 55.2 Å². The molecule has 0 rings (SSSR count). The first-order valence-corrected chi connectivity index (χ1v) is 40.0. The lowest BCUT2D eigenvalue weighted by molar-refractivity contribution is -0.144. The van der Waals surface area contributed by atoms with Crippen LogP contribution in [-0.2, 0) is 115 Å². The monoisotopic (exact) mass is 1710 g/mol. The van der Waals surface area contributed by atoms with Crippen molar-refractivity contribution >= 4 is 144 Å². The summed E-state index contributed by atoms with van der Waals surface area (Å²) in [4.78, 5) is 245. The van der Waals surface area contributed by atoms with Gasteiger partial charge in [-0.2, -0.15) is 25.3 Å². The zero-order chi connectivity index (χ0) is 88.0. The summed E-state index contributed by atoms with van der Waals surface area (Å²) in [5.41, 5.74) is 5.22. The second kappa shape index (κ2) is 65.4. The molecule has 44 heteroatoms. The van der Waals surface area contributed by atoms with Crippen LogP contribution in [0.4, 0.5) is 0 Å². The van der Waals surface area contributed by atoms with Crippen LogP contribution in [-0.4, -0.2) is 279 Å². The number of ether oxygens (including phenoxy) is 4. The molecule has 0 saturated carbocycles. The number of nitrogens with one attached hydrogen (secondary N) is 9. The number of carboxylic acid groups (broad SMARTS) is 8.